The van der Waals surface area contributed by atoms with Crippen molar-refractivity contribution < 1.29 is 14.3 Å². The Labute approximate surface area is 130 Å². The molecule has 21 heavy (non-hydrogen) atoms. The summed E-state index contributed by atoms with van der Waals surface area (Å²) in [5, 5.41) is 12.5. The summed E-state index contributed by atoms with van der Waals surface area (Å²) in [4.78, 5) is 16.1. The highest BCUT2D eigenvalue weighted by atomic mass is 35.5. The minimum Gasteiger partial charge on any atom is -0.386 e. The largest absolute Gasteiger partial charge is 0.386 e. The Bertz CT molecular complexity index is 621. The van der Waals surface area contributed by atoms with Crippen molar-refractivity contribution in [2.24, 2.45) is 0 Å². The van der Waals surface area contributed by atoms with Gasteiger partial charge in [-0.25, -0.2) is 4.39 Å². The molecule has 2 aromatic heterocycles. The van der Waals surface area contributed by atoms with Crippen LogP contribution in [0.1, 0.15) is 23.0 Å². The summed E-state index contributed by atoms with van der Waals surface area (Å²) in [7, 11) is 0. The van der Waals surface area contributed by atoms with E-state index in [2.05, 4.69) is 10.3 Å². The maximum Gasteiger partial charge on any atom is 0.220 e. The molecule has 1 unspecified atom stereocenters. The monoisotopic (exact) mass is 328 g/mol. The number of hydrogen-bond acceptors (Lipinski definition) is 4. The summed E-state index contributed by atoms with van der Waals surface area (Å²) in [6, 6.07) is 4.77. The van der Waals surface area contributed by atoms with Crippen LogP contribution in [-0.4, -0.2) is 22.5 Å². The van der Waals surface area contributed by atoms with Crippen molar-refractivity contribution in [3.8, 4) is 0 Å². The number of hydrogen-bond donors (Lipinski definition) is 2. The van der Waals surface area contributed by atoms with E-state index < -0.39 is 11.9 Å². The van der Waals surface area contributed by atoms with E-state index in [4.69, 9.17) is 11.6 Å². The quantitative estimate of drug-likeness (QED) is 0.857. The summed E-state index contributed by atoms with van der Waals surface area (Å²) in [6.07, 6.45) is 2.48. The number of pyridine rings is 1. The molecule has 0 bridgehead atoms. The van der Waals surface area contributed by atoms with Gasteiger partial charge >= 0.3 is 0 Å². The predicted molar refractivity (Wildman–Crippen MR) is 79.8 cm³/mol. The van der Waals surface area contributed by atoms with Crippen LogP contribution in [-0.2, 0) is 11.2 Å². The number of nitrogens with zero attached hydrogens (tertiary/aromatic N) is 1. The molecule has 7 heteroatoms. The zero-order chi connectivity index (χ0) is 15.2. The molecule has 0 aliphatic rings. The number of aryl methyl sites for hydroxylation is 1. The number of aromatic nitrogens is 1. The summed E-state index contributed by atoms with van der Waals surface area (Å²) >= 11 is 7.05. The predicted octanol–water partition coefficient (Wildman–Crippen LogP) is 2.72. The standard InChI is InChI=1S/C14H14ClFN2O2S/c15-13-3-2-12(21-13)11(19)8-18-14(20)4-1-9-5-10(16)7-17-6-9/h2-3,5-7,11,19H,1,4,8H2,(H,18,20). The lowest BCUT2D eigenvalue weighted by Crippen LogP contribution is -2.28. The van der Waals surface area contributed by atoms with E-state index in [-0.39, 0.29) is 18.9 Å². The molecule has 1 atom stereocenters. The highest BCUT2D eigenvalue weighted by Crippen LogP contribution is 2.26. The summed E-state index contributed by atoms with van der Waals surface area (Å²) < 4.78 is 13.5. The lowest BCUT2D eigenvalue weighted by atomic mass is 10.1. The summed E-state index contributed by atoms with van der Waals surface area (Å²) in [6.45, 7) is 0.122. The maximum atomic E-state index is 12.9. The highest BCUT2D eigenvalue weighted by molar-refractivity contribution is 7.16. The van der Waals surface area contributed by atoms with Crippen molar-refractivity contribution in [2.45, 2.75) is 18.9 Å². The van der Waals surface area contributed by atoms with Crippen LogP contribution in [0.25, 0.3) is 0 Å². The van der Waals surface area contributed by atoms with Gasteiger partial charge in [-0.05, 0) is 30.2 Å². The molecular formula is C14H14ClFN2O2S. The van der Waals surface area contributed by atoms with E-state index in [1.807, 2.05) is 0 Å². The van der Waals surface area contributed by atoms with Gasteiger partial charge in [0, 0.05) is 24.0 Å². The molecule has 0 spiro atoms. The Morgan fingerprint density at radius 2 is 2.29 bits per heavy atom. The molecule has 0 saturated carbocycles. The number of rotatable bonds is 6. The van der Waals surface area contributed by atoms with Gasteiger partial charge in [0.05, 0.1) is 10.5 Å². The van der Waals surface area contributed by atoms with Gasteiger partial charge in [0.15, 0.2) is 0 Å². The number of aliphatic hydroxyl groups excluding tert-OH is 1. The number of carbonyl (C=O) groups excluding carboxylic acids is 1. The maximum absolute atomic E-state index is 12.9. The molecule has 0 aliphatic carbocycles. The molecule has 4 nitrogen and oxygen atoms in total. The third-order valence-corrected chi connectivity index (χ3v) is 4.15. The van der Waals surface area contributed by atoms with Crippen LogP contribution in [0.4, 0.5) is 4.39 Å². The molecule has 0 aromatic carbocycles. The third kappa shape index (κ3) is 5.08. The highest BCUT2D eigenvalue weighted by Gasteiger charge is 2.12. The average molecular weight is 329 g/mol. The van der Waals surface area contributed by atoms with Gasteiger partial charge in [-0.3, -0.25) is 9.78 Å². The van der Waals surface area contributed by atoms with E-state index in [0.29, 0.717) is 21.2 Å². The number of thiophene rings is 1. The first kappa shape index (κ1) is 15.9. The van der Waals surface area contributed by atoms with Crippen molar-refractivity contribution in [2.75, 3.05) is 6.54 Å². The van der Waals surface area contributed by atoms with Crippen molar-refractivity contribution in [3.05, 3.63) is 51.2 Å². The summed E-state index contributed by atoms with van der Waals surface area (Å²) in [5.74, 6) is -0.626. The Kier molecular flexibility index (Phi) is 5.67. The molecule has 1 amide bonds. The van der Waals surface area contributed by atoms with Crippen LogP contribution in [0.3, 0.4) is 0 Å². The van der Waals surface area contributed by atoms with Gasteiger partial charge in [-0.15, -0.1) is 11.3 Å². The first-order chi connectivity index (χ1) is 10.0. The van der Waals surface area contributed by atoms with Gasteiger partial charge in [0.1, 0.15) is 11.9 Å². The minimum absolute atomic E-state index is 0.122. The van der Waals surface area contributed by atoms with Gasteiger partial charge in [-0.2, -0.15) is 0 Å². The lowest BCUT2D eigenvalue weighted by Gasteiger charge is -2.10. The lowest BCUT2D eigenvalue weighted by molar-refractivity contribution is -0.121. The SMILES string of the molecule is O=C(CCc1cncc(F)c1)NCC(O)c1ccc(Cl)s1. The van der Waals surface area contributed by atoms with Crippen molar-refractivity contribution in [3.63, 3.8) is 0 Å². The minimum atomic E-state index is -0.776. The van der Waals surface area contributed by atoms with Crippen molar-refractivity contribution >= 4 is 28.8 Å². The first-order valence-corrected chi connectivity index (χ1v) is 7.53. The Morgan fingerprint density at radius 1 is 1.48 bits per heavy atom. The zero-order valence-electron chi connectivity index (χ0n) is 11.1. The van der Waals surface area contributed by atoms with E-state index in [9.17, 15) is 14.3 Å². The van der Waals surface area contributed by atoms with E-state index in [1.165, 1.54) is 23.6 Å². The van der Waals surface area contributed by atoms with Gasteiger partial charge in [0.2, 0.25) is 5.91 Å². The normalized spacial score (nSPS) is 12.1. The molecule has 2 N–H and O–H groups in total. The second kappa shape index (κ2) is 7.49. The number of aliphatic hydroxyl groups is 1. The average Bonchev–Trinajstić information content (AvgIpc) is 2.89. The van der Waals surface area contributed by atoms with Crippen LogP contribution in [0.15, 0.2) is 30.6 Å². The molecular weight excluding hydrogens is 315 g/mol. The van der Waals surface area contributed by atoms with Gasteiger partial charge < -0.3 is 10.4 Å². The van der Waals surface area contributed by atoms with Crippen molar-refractivity contribution in [1.82, 2.24) is 10.3 Å². The first-order valence-electron chi connectivity index (χ1n) is 6.34. The molecule has 2 heterocycles. The fourth-order valence-corrected chi connectivity index (χ4v) is 2.80. The van der Waals surface area contributed by atoms with Gasteiger partial charge in [0.25, 0.3) is 0 Å². The van der Waals surface area contributed by atoms with E-state index >= 15 is 0 Å². The van der Waals surface area contributed by atoms with Crippen LogP contribution >= 0.6 is 22.9 Å². The number of carbonyl (C=O) groups is 1. The molecule has 0 aliphatic heterocycles. The molecule has 2 aromatic rings. The fourth-order valence-electron chi connectivity index (χ4n) is 1.76. The molecule has 0 radical (unpaired) electrons. The van der Waals surface area contributed by atoms with Crippen LogP contribution in [0, 0.1) is 5.82 Å². The molecule has 0 fully saturated rings. The molecule has 2 rings (SSSR count). The molecule has 0 saturated heterocycles. The number of halogens is 2. The van der Waals surface area contributed by atoms with Crippen LogP contribution in [0.2, 0.25) is 4.34 Å². The fraction of sp³-hybridized carbons (Fsp3) is 0.286. The second-order valence-electron chi connectivity index (χ2n) is 4.47. The molecule has 112 valence electrons. The van der Waals surface area contributed by atoms with Gasteiger partial charge in [-0.1, -0.05) is 11.6 Å². The Hall–Kier alpha value is -1.50. The Balaban J connectivity index is 1.75. The zero-order valence-corrected chi connectivity index (χ0v) is 12.6. The Morgan fingerprint density at radius 3 is 2.95 bits per heavy atom. The number of amides is 1. The number of nitrogens with one attached hydrogen (secondary N) is 1. The second-order valence-corrected chi connectivity index (χ2v) is 6.22. The third-order valence-electron chi connectivity index (χ3n) is 2.82. The smallest absolute Gasteiger partial charge is 0.220 e. The topological polar surface area (TPSA) is 62.2 Å². The van der Waals surface area contributed by atoms with Crippen LogP contribution < -0.4 is 5.32 Å². The van der Waals surface area contributed by atoms with Crippen LogP contribution in [0.5, 0.6) is 0 Å². The van der Waals surface area contributed by atoms with Crippen molar-refractivity contribution in [1.29, 1.82) is 0 Å². The van der Waals surface area contributed by atoms with E-state index in [1.54, 1.807) is 12.1 Å². The summed E-state index contributed by atoms with van der Waals surface area (Å²) in [5.41, 5.74) is 0.663. The van der Waals surface area contributed by atoms with E-state index in [0.717, 1.165) is 6.20 Å².